The second-order valence-corrected chi connectivity index (χ2v) is 8.88. The highest BCUT2D eigenvalue weighted by atomic mass is 32.2. The molecule has 2 aromatic rings. The summed E-state index contributed by atoms with van der Waals surface area (Å²) >= 11 is 1.59. The van der Waals surface area contributed by atoms with Gasteiger partial charge < -0.3 is 10.6 Å². The largest absolute Gasteiger partial charge is 0.352 e. The van der Waals surface area contributed by atoms with E-state index in [0.29, 0.717) is 12.1 Å². The van der Waals surface area contributed by atoms with Gasteiger partial charge in [0.15, 0.2) is 0 Å². The number of aryl methyl sites for hydroxylation is 1. The van der Waals surface area contributed by atoms with Crippen molar-refractivity contribution in [1.29, 1.82) is 0 Å². The summed E-state index contributed by atoms with van der Waals surface area (Å²) < 4.78 is 0. The third-order valence-electron chi connectivity index (χ3n) is 5.50. The quantitative estimate of drug-likeness (QED) is 0.788. The molecule has 2 aromatic carbocycles. The van der Waals surface area contributed by atoms with Crippen LogP contribution >= 0.6 is 11.8 Å². The van der Waals surface area contributed by atoms with Gasteiger partial charge in [-0.1, -0.05) is 48.0 Å². The van der Waals surface area contributed by atoms with Crippen LogP contribution in [0.2, 0.25) is 0 Å². The van der Waals surface area contributed by atoms with Crippen molar-refractivity contribution < 1.29 is 9.59 Å². The van der Waals surface area contributed by atoms with Crippen LogP contribution in [-0.2, 0) is 11.2 Å². The molecule has 2 amide bonds. The van der Waals surface area contributed by atoms with Crippen molar-refractivity contribution >= 4 is 29.3 Å². The molecule has 5 nitrogen and oxygen atoms in total. The van der Waals surface area contributed by atoms with Crippen molar-refractivity contribution in [2.24, 2.45) is 0 Å². The molecule has 1 unspecified atom stereocenters. The lowest BCUT2D eigenvalue weighted by Crippen LogP contribution is -2.46. The van der Waals surface area contributed by atoms with E-state index in [2.05, 4.69) is 46.7 Å². The lowest BCUT2D eigenvalue weighted by molar-refractivity contribution is -0.118. The second kappa shape index (κ2) is 9.01. The molecule has 4 rings (SSSR count). The van der Waals surface area contributed by atoms with Gasteiger partial charge in [0.1, 0.15) is 5.37 Å². The molecule has 0 saturated carbocycles. The average molecular weight is 410 g/mol. The highest BCUT2D eigenvalue weighted by molar-refractivity contribution is 8.00. The van der Waals surface area contributed by atoms with Gasteiger partial charge in [0.25, 0.3) is 11.8 Å². The minimum absolute atomic E-state index is 0.0151. The van der Waals surface area contributed by atoms with Crippen LogP contribution < -0.4 is 10.6 Å². The molecule has 0 aliphatic carbocycles. The first-order valence-corrected chi connectivity index (χ1v) is 11.2. The molecule has 6 heteroatoms. The minimum Gasteiger partial charge on any atom is -0.352 e. The van der Waals surface area contributed by atoms with E-state index < -0.39 is 0 Å². The van der Waals surface area contributed by atoms with E-state index in [-0.39, 0.29) is 17.2 Å². The minimum atomic E-state index is -0.169. The Hall–Kier alpha value is -2.31. The van der Waals surface area contributed by atoms with Crippen molar-refractivity contribution in [3.05, 3.63) is 59.2 Å². The zero-order valence-electron chi connectivity index (χ0n) is 16.7. The summed E-state index contributed by atoms with van der Waals surface area (Å²) in [6.45, 7) is 4.59. The van der Waals surface area contributed by atoms with Crippen LogP contribution in [0.4, 0.5) is 5.69 Å². The number of benzene rings is 2. The van der Waals surface area contributed by atoms with Crippen molar-refractivity contribution in [2.45, 2.75) is 42.9 Å². The lowest BCUT2D eigenvalue weighted by atomic mass is 10.1. The molecule has 0 spiro atoms. The summed E-state index contributed by atoms with van der Waals surface area (Å²) in [5.74, 6) is -0.0985. The molecule has 1 atom stereocenters. The van der Waals surface area contributed by atoms with E-state index in [4.69, 9.17) is 0 Å². The third-order valence-corrected chi connectivity index (χ3v) is 6.85. The van der Waals surface area contributed by atoms with Crippen LogP contribution in [0, 0.1) is 6.92 Å². The Bertz CT molecular complexity index is 891. The molecule has 0 aromatic heterocycles. The zero-order valence-corrected chi connectivity index (χ0v) is 17.6. The maximum atomic E-state index is 12.6. The fourth-order valence-electron chi connectivity index (χ4n) is 3.81. The number of fused-ring (bicyclic) bond motifs is 1. The number of thioether (sulfide) groups is 1. The monoisotopic (exact) mass is 409 g/mol. The van der Waals surface area contributed by atoms with Gasteiger partial charge in [-0.3, -0.25) is 14.5 Å². The highest BCUT2D eigenvalue weighted by Gasteiger charge is 2.33. The second-order valence-electron chi connectivity index (χ2n) is 7.76. The molecule has 2 aliphatic heterocycles. The van der Waals surface area contributed by atoms with Crippen LogP contribution in [0.15, 0.2) is 47.4 Å². The molecule has 152 valence electrons. The number of hydrogen-bond acceptors (Lipinski definition) is 4. The van der Waals surface area contributed by atoms with E-state index in [0.717, 1.165) is 42.9 Å². The van der Waals surface area contributed by atoms with Gasteiger partial charge >= 0.3 is 0 Å². The third kappa shape index (κ3) is 4.82. The summed E-state index contributed by atoms with van der Waals surface area (Å²) in [6, 6.07) is 13.9. The number of nitrogens with zero attached hydrogens (tertiary/aromatic N) is 1. The maximum Gasteiger partial charge on any atom is 0.252 e. The Morgan fingerprint density at radius 2 is 1.90 bits per heavy atom. The van der Waals surface area contributed by atoms with Gasteiger partial charge in [0.05, 0.1) is 5.69 Å². The number of anilines is 1. The smallest absolute Gasteiger partial charge is 0.252 e. The number of likely N-dealkylation sites (tertiary alicyclic amines) is 1. The number of nitrogens with one attached hydrogen (secondary N) is 2. The SMILES string of the molecule is Cc1ccc(CCNC(=O)c2ccc3c(c2)NC(=O)C(N2CCCCC2)S3)cc1. The van der Waals surface area contributed by atoms with Crippen LogP contribution in [0.1, 0.15) is 40.7 Å². The summed E-state index contributed by atoms with van der Waals surface area (Å²) in [6.07, 6.45) is 4.34. The maximum absolute atomic E-state index is 12.6. The molecule has 29 heavy (non-hydrogen) atoms. The van der Waals surface area contributed by atoms with Gasteiger partial charge in [0.2, 0.25) is 0 Å². The number of amides is 2. The fraction of sp³-hybridized carbons (Fsp3) is 0.391. The Morgan fingerprint density at radius 3 is 2.66 bits per heavy atom. The summed E-state index contributed by atoms with van der Waals surface area (Å²) in [4.78, 5) is 28.4. The zero-order chi connectivity index (χ0) is 20.2. The summed E-state index contributed by atoms with van der Waals surface area (Å²) in [7, 11) is 0. The highest BCUT2D eigenvalue weighted by Crippen LogP contribution is 2.38. The van der Waals surface area contributed by atoms with E-state index >= 15 is 0 Å². The van der Waals surface area contributed by atoms with Gasteiger partial charge in [-0.05, 0) is 63.0 Å². The van der Waals surface area contributed by atoms with E-state index in [9.17, 15) is 9.59 Å². The van der Waals surface area contributed by atoms with Gasteiger partial charge in [-0.15, -0.1) is 0 Å². The molecule has 2 N–H and O–H groups in total. The lowest BCUT2D eigenvalue weighted by Gasteiger charge is -2.35. The van der Waals surface area contributed by atoms with E-state index in [1.54, 1.807) is 17.8 Å². The van der Waals surface area contributed by atoms with Crippen molar-refractivity contribution in [3.63, 3.8) is 0 Å². The van der Waals surface area contributed by atoms with Crippen molar-refractivity contribution in [2.75, 3.05) is 25.0 Å². The molecule has 2 aliphatic rings. The fourth-order valence-corrected chi connectivity index (χ4v) is 4.96. The molecule has 1 fully saturated rings. The van der Waals surface area contributed by atoms with Gasteiger partial charge in [-0.2, -0.15) is 0 Å². The normalized spacial score (nSPS) is 19.3. The predicted molar refractivity (Wildman–Crippen MR) is 117 cm³/mol. The average Bonchev–Trinajstić information content (AvgIpc) is 2.75. The first-order valence-electron chi connectivity index (χ1n) is 10.3. The number of piperidine rings is 1. The van der Waals surface area contributed by atoms with Crippen molar-refractivity contribution in [1.82, 2.24) is 10.2 Å². The number of rotatable bonds is 5. The standard InChI is InChI=1S/C23H27N3O2S/c1-16-5-7-17(8-6-16)11-12-24-21(27)18-9-10-20-19(15-18)25-22(28)23(29-20)26-13-3-2-4-14-26/h5-10,15,23H,2-4,11-14H2,1H3,(H,24,27)(H,25,28). The van der Waals surface area contributed by atoms with Crippen LogP contribution in [-0.4, -0.2) is 41.7 Å². The number of carbonyl (C=O) groups is 2. The topological polar surface area (TPSA) is 61.4 Å². The molecule has 1 saturated heterocycles. The van der Waals surface area contributed by atoms with Crippen LogP contribution in [0.3, 0.4) is 0 Å². The summed E-state index contributed by atoms with van der Waals surface area (Å²) in [5.41, 5.74) is 3.74. The van der Waals surface area contributed by atoms with E-state index in [1.807, 2.05) is 12.1 Å². The molecule has 0 bridgehead atoms. The van der Waals surface area contributed by atoms with E-state index in [1.165, 1.54) is 17.5 Å². The Morgan fingerprint density at radius 1 is 1.14 bits per heavy atom. The molecular formula is C23H27N3O2S. The van der Waals surface area contributed by atoms with Crippen LogP contribution in [0.5, 0.6) is 0 Å². The molecule has 2 heterocycles. The molecule has 0 radical (unpaired) electrons. The Kier molecular flexibility index (Phi) is 6.21. The Labute approximate surface area is 176 Å². The first kappa shape index (κ1) is 20.0. The van der Waals surface area contributed by atoms with Gasteiger partial charge in [-0.25, -0.2) is 0 Å². The molecular weight excluding hydrogens is 382 g/mol. The number of carbonyl (C=O) groups excluding carboxylic acids is 2. The number of hydrogen-bond donors (Lipinski definition) is 2. The summed E-state index contributed by atoms with van der Waals surface area (Å²) in [5, 5.41) is 5.81. The first-order chi connectivity index (χ1) is 14.1. The Balaban J connectivity index is 1.36. The predicted octanol–water partition coefficient (Wildman–Crippen LogP) is 3.82. The van der Waals surface area contributed by atoms with Crippen LogP contribution in [0.25, 0.3) is 0 Å². The van der Waals surface area contributed by atoms with Crippen molar-refractivity contribution in [3.8, 4) is 0 Å². The van der Waals surface area contributed by atoms with Gasteiger partial charge in [0, 0.05) is 17.0 Å².